The van der Waals surface area contributed by atoms with E-state index in [9.17, 15) is 9.59 Å². The van der Waals surface area contributed by atoms with Crippen LogP contribution in [-0.2, 0) is 9.59 Å². The zero-order chi connectivity index (χ0) is 21.1. The molecule has 2 unspecified atom stereocenters. The highest BCUT2D eigenvalue weighted by Crippen LogP contribution is 2.32. The molecule has 0 bridgehead atoms. The van der Waals surface area contributed by atoms with Gasteiger partial charge in [-0.3, -0.25) is 14.6 Å². The first-order valence-corrected chi connectivity index (χ1v) is 10.2. The number of nitrogens with zero attached hydrogens (tertiary/aromatic N) is 3. The second-order valence-corrected chi connectivity index (χ2v) is 7.84. The Kier molecular flexibility index (Phi) is 5.81. The van der Waals surface area contributed by atoms with E-state index in [1.807, 2.05) is 54.6 Å². The average molecular weight is 420 g/mol. The molecule has 5 nitrogen and oxygen atoms in total. The smallest absolute Gasteiger partial charge is 0.228 e. The maximum absolute atomic E-state index is 13.4. The van der Waals surface area contributed by atoms with Gasteiger partial charge in [-0.05, 0) is 35.9 Å². The number of rotatable bonds is 5. The Balaban J connectivity index is 1.59. The van der Waals surface area contributed by atoms with E-state index in [0.717, 1.165) is 16.9 Å². The number of carbonyl (C=O) groups excluding carboxylic acids is 2. The summed E-state index contributed by atoms with van der Waals surface area (Å²) in [5, 5.41) is 0.562. The van der Waals surface area contributed by atoms with Crippen LogP contribution in [0.1, 0.15) is 23.7 Å². The van der Waals surface area contributed by atoms with E-state index in [1.165, 1.54) is 0 Å². The van der Waals surface area contributed by atoms with Crippen molar-refractivity contribution in [1.29, 1.82) is 0 Å². The molecule has 0 N–H and O–H groups in total. The molecule has 0 aliphatic carbocycles. The van der Waals surface area contributed by atoms with Crippen LogP contribution in [0.25, 0.3) is 0 Å². The van der Waals surface area contributed by atoms with Crippen LogP contribution in [0, 0.1) is 5.92 Å². The lowest BCUT2D eigenvalue weighted by molar-refractivity contribution is -0.136. The minimum atomic E-state index is -0.420. The number of amides is 2. The van der Waals surface area contributed by atoms with Crippen molar-refractivity contribution in [3.05, 3.63) is 95.3 Å². The highest BCUT2D eigenvalue weighted by Gasteiger charge is 2.38. The van der Waals surface area contributed by atoms with Gasteiger partial charge in [-0.15, -0.1) is 0 Å². The quantitative estimate of drug-likeness (QED) is 0.618. The van der Waals surface area contributed by atoms with Gasteiger partial charge in [0, 0.05) is 36.9 Å². The van der Waals surface area contributed by atoms with E-state index >= 15 is 0 Å². The van der Waals surface area contributed by atoms with Gasteiger partial charge >= 0.3 is 0 Å². The molecular formula is C24H22ClN3O2. The third kappa shape index (κ3) is 4.07. The lowest BCUT2D eigenvalue weighted by Crippen LogP contribution is -2.38. The van der Waals surface area contributed by atoms with Gasteiger partial charge in [-0.1, -0.05) is 54.1 Å². The molecule has 2 amide bonds. The first-order valence-electron chi connectivity index (χ1n) is 9.83. The summed E-state index contributed by atoms with van der Waals surface area (Å²) < 4.78 is 0. The Morgan fingerprint density at radius 2 is 1.87 bits per heavy atom. The molecule has 0 radical (unpaired) electrons. The zero-order valence-electron chi connectivity index (χ0n) is 16.6. The summed E-state index contributed by atoms with van der Waals surface area (Å²) in [6.45, 7) is 0.339. The van der Waals surface area contributed by atoms with E-state index in [0.29, 0.717) is 11.6 Å². The summed E-state index contributed by atoms with van der Waals surface area (Å²) in [5.74, 6) is -0.568. The van der Waals surface area contributed by atoms with Crippen molar-refractivity contribution in [3.8, 4) is 0 Å². The lowest BCUT2D eigenvalue weighted by Gasteiger charge is -2.30. The Labute approximate surface area is 180 Å². The standard InChI is InChI=1S/C24H22ClN3O2/c1-27(23(17-8-3-2-4-9-17)21-12-5-6-13-26-21)24(30)18-14-22(29)28(16-18)20-11-7-10-19(25)15-20/h2-13,15,18,23H,14,16H2,1H3. The average Bonchev–Trinajstić information content (AvgIpc) is 3.16. The van der Waals surface area contributed by atoms with Crippen molar-refractivity contribution < 1.29 is 9.59 Å². The van der Waals surface area contributed by atoms with Gasteiger partial charge in [0.15, 0.2) is 0 Å². The van der Waals surface area contributed by atoms with Gasteiger partial charge in [-0.2, -0.15) is 0 Å². The molecule has 1 fully saturated rings. The first kappa shape index (κ1) is 20.1. The van der Waals surface area contributed by atoms with Crippen molar-refractivity contribution in [2.75, 3.05) is 18.5 Å². The van der Waals surface area contributed by atoms with Crippen LogP contribution in [0.2, 0.25) is 5.02 Å². The fourth-order valence-corrected chi connectivity index (χ4v) is 4.13. The second-order valence-electron chi connectivity index (χ2n) is 7.40. The van der Waals surface area contributed by atoms with Crippen LogP contribution >= 0.6 is 11.6 Å². The molecule has 0 saturated carbocycles. The number of halogens is 1. The van der Waals surface area contributed by atoms with Gasteiger partial charge in [0.25, 0.3) is 0 Å². The van der Waals surface area contributed by atoms with E-state index in [-0.39, 0.29) is 24.3 Å². The lowest BCUT2D eigenvalue weighted by atomic mass is 9.99. The molecule has 1 aliphatic heterocycles. The maximum Gasteiger partial charge on any atom is 0.228 e. The number of anilines is 1. The van der Waals surface area contributed by atoms with Crippen molar-refractivity contribution in [1.82, 2.24) is 9.88 Å². The SMILES string of the molecule is CN(C(=O)C1CC(=O)N(c2cccc(Cl)c2)C1)C(c1ccccc1)c1ccccn1. The van der Waals surface area contributed by atoms with Gasteiger partial charge in [0.1, 0.15) is 0 Å². The van der Waals surface area contributed by atoms with E-state index in [1.54, 1.807) is 41.2 Å². The molecule has 1 aromatic heterocycles. The van der Waals surface area contributed by atoms with Crippen LogP contribution in [-0.4, -0.2) is 35.3 Å². The topological polar surface area (TPSA) is 53.5 Å². The van der Waals surface area contributed by atoms with E-state index in [2.05, 4.69) is 4.98 Å². The Hall–Kier alpha value is -3.18. The van der Waals surface area contributed by atoms with Crippen LogP contribution in [0.5, 0.6) is 0 Å². The Bertz CT molecular complexity index is 1000. The molecule has 30 heavy (non-hydrogen) atoms. The van der Waals surface area contributed by atoms with Crippen LogP contribution in [0.3, 0.4) is 0 Å². The van der Waals surface area contributed by atoms with Crippen molar-refractivity contribution in [3.63, 3.8) is 0 Å². The molecule has 2 aromatic carbocycles. The number of hydrogen-bond donors (Lipinski definition) is 0. The van der Waals surface area contributed by atoms with Gasteiger partial charge in [0.2, 0.25) is 11.8 Å². The zero-order valence-corrected chi connectivity index (χ0v) is 17.4. The summed E-state index contributed by atoms with van der Waals surface area (Å²) in [7, 11) is 1.78. The Morgan fingerprint density at radius 3 is 2.57 bits per heavy atom. The normalized spacial score (nSPS) is 17.1. The summed E-state index contributed by atoms with van der Waals surface area (Å²) in [4.78, 5) is 33.9. The number of hydrogen-bond acceptors (Lipinski definition) is 3. The van der Waals surface area contributed by atoms with Gasteiger partial charge in [0.05, 0.1) is 17.7 Å². The molecular weight excluding hydrogens is 398 g/mol. The van der Waals surface area contributed by atoms with Crippen LogP contribution in [0.4, 0.5) is 5.69 Å². The molecule has 2 atom stereocenters. The second kappa shape index (κ2) is 8.67. The first-order chi connectivity index (χ1) is 14.5. The molecule has 4 rings (SSSR count). The Morgan fingerprint density at radius 1 is 1.10 bits per heavy atom. The fourth-order valence-electron chi connectivity index (χ4n) is 3.95. The minimum Gasteiger partial charge on any atom is -0.333 e. The molecule has 1 aliphatic rings. The van der Waals surface area contributed by atoms with Crippen LogP contribution in [0.15, 0.2) is 79.0 Å². The molecule has 2 heterocycles. The number of pyridine rings is 1. The van der Waals surface area contributed by atoms with E-state index in [4.69, 9.17) is 11.6 Å². The van der Waals surface area contributed by atoms with Crippen LogP contribution < -0.4 is 4.90 Å². The van der Waals surface area contributed by atoms with Crippen molar-refractivity contribution in [2.45, 2.75) is 12.5 Å². The number of aromatic nitrogens is 1. The minimum absolute atomic E-state index is 0.0712. The molecule has 6 heteroatoms. The number of carbonyl (C=O) groups is 2. The summed E-state index contributed by atoms with van der Waals surface area (Å²) >= 11 is 6.08. The predicted molar refractivity (Wildman–Crippen MR) is 117 cm³/mol. The highest BCUT2D eigenvalue weighted by molar-refractivity contribution is 6.31. The van der Waals surface area contributed by atoms with E-state index < -0.39 is 5.92 Å². The largest absolute Gasteiger partial charge is 0.333 e. The number of benzene rings is 2. The maximum atomic E-state index is 13.4. The fraction of sp³-hybridized carbons (Fsp3) is 0.208. The highest BCUT2D eigenvalue weighted by atomic mass is 35.5. The monoisotopic (exact) mass is 419 g/mol. The third-order valence-corrected chi connectivity index (χ3v) is 5.65. The third-order valence-electron chi connectivity index (χ3n) is 5.41. The summed E-state index contributed by atoms with van der Waals surface area (Å²) in [5.41, 5.74) is 2.48. The predicted octanol–water partition coefficient (Wildman–Crippen LogP) is 4.34. The molecule has 3 aromatic rings. The van der Waals surface area contributed by atoms with Gasteiger partial charge in [-0.25, -0.2) is 0 Å². The summed E-state index contributed by atoms with van der Waals surface area (Å²) in [6, 6.07) is 22.3. The summed E-state index contributed by atoms with van der Waals surface area (Å²) in [6.07, 6.45) is 1.91. The molecule has 0 spiro atoms. The van der Waals surface area contributed by atoms with Crippen molar-refractivity contribution in [2.24, 2.45) is 5.92 Å². The van der Waals surface area contributed by atoms with Gasteiger partial charge < -0.3 is 9.80 Å². The molecule has 152 valence electrons. The molecule has 1 saturated heterocycles. The van der Waals surface area contributed by atoms with Crippen molar-refractivity contribution >= 4 is 29.1 Å².